The maximum absolute atomic E-state index is 12.4. The summed E-state index contributed by atoms with van der Waals surface area (Å²) in [5, 5.41) is 0. The van der Waals surface area contributed by atoms with E-state index in [-0.39, 0.29) is 16.9 Å². The van der Waals surface area contributed by atoms with Crippen molar-refractivity contribution in [2.75, 3.05) is 5.43 Å². The first-order valence-corrected chi connectivity index (χ1v) is 8.73. The lowest BCUT2D eigenvalue weighted by Gasteiger charge is -2.34. The number of nitrogen functional groups attached to an aromatic ring is 1. The predicted molar refractivity (Wildman–Crippen MR) is 80.7 cm³/mol. The van der Waals surface area contributed by atoms with E-state index in [4.69, 9.17) is 5.84 Å². The molecule has 118 valence electrons. The van der Waals surface area contributed by atoms with Crippen LogP contribution >= 0.6 is 0 Å². The second kappa shape index (κ2) is 6.67. The van der Waals surface area contributed by atoms with E-state index in [1.807, 2.05) is 0 Å². The molecule has 0 aliphatic heterocycles. The van der Waals surface area contributed by atoms with Crippen LogP contribution in [0, 0.1) is 11.8 Å². The van der Waals surface area contributed by atoms with Crippen molar-refractivity contribution < 1.29 is 8.42 Å². The van der Waals surface area contributed by atoms with Crippen molar-refractivity contribution in [1.82, 2.24) is 14.7 Å². The van der Waals surface area contributed by atoms with E-state index < -0.39 is 10.0 Å². The van der Waals surface area contributed by atoms with Crippen LogP contribution in [0.25, 0.3) is 0 Å². The number of hydrogen-bond donors (Lipinski definition) is 3. The second-order valence-corrected chi connectivity index (χ2v) is 7.52. The number of nitrogens with one attached hydrogen (secondary N) is 2. The first-order chi connectivity index (χ1) is 9.94. The van der Waals surface area contributed by atoms with Crippen LogP contribution in [0.15, 0.2) is 17.3 Å². The molecule has 0 amide bonds. The topological polar surface area (TPSA) is 110 Å². The van der Waals surface area contributed by atoms with Crippen LogP contribution in [0.5, 0.6) is 0 Å². The third-order valence-corrected chi connectivity index (χ3v) is 5.49. The molecule has 0 radical (unpaired) electrons. The first-order valence-electron chi connectivity index (χ1n) is 7.25. The van der Waals surface area contributed by atoms with Crippen molar-refractivity contribution in [3.8, 4) is 0 Å². The van der Waals surface area contributed by atoms with E-state index in [0.717, 1.165) is 19.3 Å². The summed E-state index contributed by atoms with van der Waals surface area (Å²) in [6.07, 6.45) is 6.70. The molecule has 0 saturated heterocycles. The molecule has 1 aromatic heterocycles. The average molecular weight is 313 g/mol. The Bertz CT molecular complexity index is 558. The lowest BCUT2D eigenvalue weighted by Crippen LogP contribution is -2.43. The van der Waals surface area contributed by atoms with Gasteiger partial charge in [0.2, 0.25) is 16.0 Å². The van der Waals surface area contributed by atoms with Gasteiger partial charge in [-0.25, -0.2) is 29.0 Å². The van der Waals surface area contributed by atoms with Crippen LogP contribution < -0.4 is 16.0 Å². The zero-order chi connectivity index (χ0) is 15.5. The van der Waals surface area contributed by atoms with Gasteiger partial charge in [-0.05, 0) is 24.7 Å². The van der Waals surface area contributed by atoms with Gasteiger partial charge in [-0.15, -0.1) is 0 Å². The summed E-state index contributed by atoms with van der Waals surface area (Å²) >= 11 is 0. The minimum atomic E-state index is -3.59. The summed E-state index contributed by atoms with van der Waals surface area (Å²) < 4.78 is 27.7. The van der Waals surface area contributed by atoms with Gasteiger partial charge in [0.1, 0.15) is 4.90 Å². The summed E-state index contributed by atoms with van der Waals surface area (Å²) in [6, 6.07) is -0.0175. The van der Waals surface area contributed by atoms with E-state index in [1.54, 1.807) is 0 Å². The van der Waals surface area contributed by atoms with Crippen molar-refractivity contribution in [2.24, 2.45) is 17.7 Å². The molecule has 1 aliphatic carbocycles. The van der Waals surface area contributed by atoms with Gasteiger partial charge in [-0.1, -0.05) is 26.7 Å². The molecule has 2 unspecified atom stereocenters. The summed E-state index contributed by atoms with van der Waals surface area (Å²) in [7, 11) is -3.59. The third kappa shape index (κ3) is 3.90. The van der Waals surface area contributed by atoms with Crippen LogP contribution in [0.1, 0.15) is 39.5 Å². The molecule has 2 atom stereocenters. The molecular formula is C13H23N5O2S. The van der Waals surface area contributed by atoms with Crippen molar-refractivity contribution in [2.45, 2.75) is 50.5 Å². The van der Waals surface area contributed by atoms with E-state index >= 15 is 0 Å². The molecule has 1 aromatic rings. The molecule has 0 bridgehead atoms. The van der Waals surface area contributed by atoms with Gasteiger partial charge < -0.3 is 0 Å². The number of sulfonamides is 1. The van der Waals surface area contributed by atoms with Crippen molar-refractivity contribution in [3.05, 3.63) is 12.4 Å². The quantitative estimate of drug-likeness (QED) is 0.557. The monoisotopic (exact) mass is 313 g/mol. The standard InChI is InChI=1S/C13H23N5O2S/c1-9(2)11-5-3-4-6-12(11)18-21(19,20)10-7-15-13(17-14)16-8-10/h7-9,11-12,18H,3-6,14H2,1-2H3,(H,15,16,17). The fourth-order valence-electron chi connectivity index (χ4n) is 2.90. The Kier molecular flexibility index (Phi) is 5.13. The largest absolute Gasteiger partial charge is 0.292 e. The SMILES string of the molecule is CC(C)C1CCCCC1NS(=O)(=O)c1cnc(NN)nc1. The molecule has 2 rings (SSSR count). The van der Waals surface area contributed by atoms with Gasteiger partial charge in [-0.2, -0.15) is 0 Å². The summed E-state index contributed by atoms with van der Waals surface area (Å²) in [5.41, 5.74) is 2.27. The number of hydrazine groups is 1. The van der Waals surface area contributed by atoms with Crippen molar-refractivity contribution in [1.29, 1.82) is 0 Å². The maximum Gasteiger partial charge on any atom is 0.243 e. The van der Waals surface area contributed by atoms with Crippen LogP contribution in [0.4, 0.5) is 5.95 Å². The van der Waals surface area contributed by atoms with Crippen LogP contribution in [-0.2, 0) is 10.0 Å². The molecule has 7 nitrogen and oxygen atoms in total. The Hall–Kier alpha value is -1.25. The highest BCUT2D eigenvalue weighted by atomic mass is 32.2. The van der Waals surface area contributed by atoms with Gasteiger partial charge in [-0.3, -0.25) is 5.43 Å². The number of nitrogens with zero attached hydrogens (tertiary/aromatic N) is 2. The molecular weight excluding hydrogens is 290 g/mol. The number of nitrogens with two attached hydrogens (primary N) is 1. The lowest BCUT2D eigenvalue weighted by molar-refractivity contribution is 0.226. The van der Waals surface area contributed by atoms with Crippen LogP contribution in [0.3, 0.4) is 0 Å². The Morgan fingerprint density at radius 1 is 1.24 bits per heavy atom. The highest BCUT2D eigenvalue weighted by Crippen LogP contribution is 2.31. The molecule has 0 spiro atoms. The average Bonchev–Trinajstić information content (AvgIpc) is 2.47. The fraction of sp³-hybridized carbons (Fsp3) is 0.692. The van der Waals surface area contributed by atoms with Gasteiger partial charge in [0.15, 0.2) is 0 Å². The Balaban J connectivity index is 2.15. The van der Waals surface area contributed by atoms with Crippen molar-refractivity contribution in [3.63, 3.8) is 0 Å². The fourth-order valence-corrected chi connectivity index (χ4v) is 4.11. The zero-order valence-electron chi connectivity index (χ0n) is 12.4. The maximum atomic E-state index is 12.4. The number of rotatable bonds is 5. The third-order valence-electron chi connectivity index (χ3n) is 4.05. The highest BCUT2D eigenvalue weighted by Gasteiger charge is 2.31. The summed E-state index contributed by atoms with van der Waals surface area (Å²) in [6.45, 7) is 4.28. The zero-order valence-corrected chi connectivity index (χ0v) is 13.2. The Morgan fingerprint density at radius 2 is 1.86 bits per heavy atom. The molecule has 4 N–H and O–H groups in total. The van der Waals surface area contributed by atoms with Crippen LogP contribution in [0.2, 0.25) is 0 Å². The Morgan fingerprint density at radius 3 is 2.43 bits per heavy atom. The molecule has 1 saturated carbocycles. The summed E-state index contributed by atoms with van der Waals surface area (Å²) in [5.74, 6) is 6.19. The van der Waals surface area contributed by atoms with Gasteiger partial charge in [0.05, 0.1) is 12.4 Å². The number of hydrogen-bond acceptors (Lipinski definition) is 6. The van der Waals surface area contributed by atoms with Crippen LogP contribution in [-0.4, -0.2) is 24.4 Å². The molecule has 1 heterocycles. The second-order valence-electron chi connectivity index (χ2n) is 5.81. The molecule has 21 heavy (non-hydrogen) atoms. The minimum Gasteiger partial charge on any atom is -0.292 e. The summed E-state index contributed by atoms with van der Waals surface area (Å²) in [4.78, 5) is 7.75. The normalized spacial score (nSPS) is 23.2. The predicted octanol–water partition coefficient (Wildman–Crippen LogP) is 1.26. The van der Waals surface area contributed by atoms with Gasteiger partial charge in [0, 0.05) is 6.04 Å². The molecule has 1 aliphatic rings. The number of aromatic nitrogens is 2. The number of anilines is 1. The minimum absolute atomic E-state index is 0.0175. The Labute approximate surface area is 125 Å². The highest BCUT2D eigenvalue weighted by molar-refractivity contribution is 7.89. The van der Waals surface area contributed by atoms with E-state index in [2.05, 4.69) is 34.0 Å². The molecule has 1 fully saturated rings. The van der Waals surface area contributed by atoms with E-state index in [1.165, 1.54) is 18.8 Å². The van der Waals surface area contributed by atoms with Crippen molar-refractivity contribution >= 4 is 16.0 Å². The molecule has 8 heteroatoms. The van der Waals surface area contributed by atoms with Gasteiger partial charge in [0.25, 0.3) is 0 Å². The smallest absolute Gasteiger partial charge is 0.243 e. The molecule has 0 aromatic carbocycles. The van der Waals surface area contributed by atoms with E-state index in [9.17, 15) is 8.42 Å². The lowest BCUT2D eigenvalue weighted by atomic mass is 9.78. The first kappa shape index (κ1) is 16.1. The van der Waals surface area contributed by atoms with Gasteiger partial charge >= 0.3 is 0 Å². The van der Waals surface area contributed by atoms with E-state index in [0.29, 0.717) is 11.8 Å².